The van der Waals surface area contributed by atoms with Crippen molar-refractivity contribution in [1.29, 1.82) is 0 Å². The van der Waals surface area contributed by atoms with Crippen molar-refractivity contribution in [3.63, 3.8) is 0 Å². The van der Waals surface area contributed by atoms with Gasteiger partial charge in [-0.1, -0.05) is 12.1 Å². The maximum Gasteiger partial charge on any atom is 0.252 e. The minimum absolute atomic E-state index is 0.266. The lowest BCUT2D eigenvalue weighted by Crippen LogP contribution is -2.57. The van der Waals surface area contributed by atoms with E-state index in [9.17, 15) is 12.8 Å². The Morgan fingerprint density at radius 3 is 2.58 bits per heavy atom. The maximum absolute atomic E-state index is 13.8. The second kappa shape index (κ2) is 7.51. The number of sulfonamides is 1. The molecule has 2 aliphatic heterocycles. The van der Waals surface area contributed by atoms with Crippen LogP contribution < -0.4 is 0 Å². The fourth-order valence-corrected chi connectivity index (χ4v) is 7.92. The van der Waals surface area contributed by atoms with Crippen LogP contribution in [0.15, 0.2) is 46.1 Å². The molecule has 6 nitrogen and oxygen atoms in total. The third-order valence-corrected chi connectivity index (χ3v) is 10.3. The molecule has 31 heavy (non-hydrogen) atoms. The first kappa shape index (κ1) is 20.8. The number of nitrogens with zero attached hydrogens (tertiary/aromatic N) is 4. The molecule has 3 aromatic rings. The summed E-state index contributed by atoms with van der Waals surface area (Å²) in [6.07, 6.45) is 3.17. The van der Waals surface area contributed by atoms with Crippen molar-refractivity contribution in [3.05, 3.63) is 59.1 Å². The molecule has 2 aromatic heterocycles. The van der Waals surface area contributed by atoms with Gasteiger partial charge >= 0.3 is 0 Å². The van der Waals surface area contributed by atoms with Gasteiger partial charge in [0.15, 0.2) is 0 Å². The van der Waals surface area contributed by atoms with Crippen LogP contribution in [0.4, 0.5) is 4.39 Å². The normalized spacial score (nSPS) is 19.6. The lowest BCUT2D eigenvalue weighted by atomic mass is 9.84. The summed E-state index contributed by atoms with van der Waals surface area (Å²) in [7, 11) is -1.39. The van der Waals surface area contributed by atoms with E-state index in [0.29, 0.717) is 30.1 Å². The SMILES string of the molecule is Cc1ccsc1S(=O)(=O)N1CCC2(CC1)c1ncc(-c3cccc(F)c3)n1CCN2C. The van der Waals surface area contributed by atoms with Crippen LogP contribution in [-0.2, 0) is 22.1 Å². The number of aryl methyl sites for hydroxylation is 1. The van der Waals surface area contributed by atoms with E-state index in [1.807, 2.05) is 30.6 Å². The summed E-state index contributed by atoms with van der Waals surface area (Å²) in [5, 5.41) is 1.83. The quantitative estimate of drug-likeness (QED) is 0.598. The fraction of sp³-hybridized carbons (Fsp3) is 0.409. The van der Waals surface area contributed by atoms with Crippen LogP contribution >= 0.6 is 11.3 Å². The highest BCUT2D eigenvalue weighted by Crippen LogP contribution is 2.42. The molecule has 0 amide bonds. The first-order chi connectivity index (χ1) is 14.8. The molecule has 1 saturated heterocycles. The summed E-state index contributed by atoms with van der Waals surface area (Å²) in [6, 6.07) is 8.44. The Labute approximate surface area is 186 Å². The molecule has 9 heteroatoms. The highest BCUT2D eigenvalue weighted by atomic mass is 32.2. The standard InChI is InChI=1S/C22H25FN4O2S2/c1-16-6-13-30-20(16)31(28,29)26-9-7-22(8-10-26)21-24-15-19(27(21)12-11-25(22)2)17-4-3-5-18(23)14-17/h3-6,13-15H,7-12H2,1-2H3. The molecule has 0 unspecified atom stereocenters. The molecular formula is C22H25FN4O2S2. The number of aromatic nitrogens is 2. The van der Waals surface area contributed by atoms with E-state index >= 15 is 0 Å². The van der Waals surface area contributed by atoms with Gasteiger partial charge in [0, 0.05) is 31.7 Å². The highest BCUT2D eigenvalue weighted by Gasteiger charge is 2.47. The monoisotopic (exact) mass is 460 g/mol. The number of benzene rings is 1. The van der Waals surface area contributed by atoms with Crippen LogP contribution in [0, 0.1) is 12.7 Å². The molecule has 4 heterocycles. The van der Waals surface area contributed by atoms with Gasteiger partial charge in [0.2, 0.25) is 0 Å². The van der Waals surface area contributed by atoms with Crippen molar-refractivity contribution in [2.45, 2.75) is 36.1 Å². The average Bonchev–Trinajstić information content (AvgIpc) is 3.38. The van der Waals surface area contributed by atoms with Crippen molar-refractivity contribution in [2.24, 2.45) is 0 Å². The lowest BCUT2D eigenvalue weighted by molar-refractivity contribution is 0.0275. The molecule has 1 spiro atoms. The van der Waals surface area contributed by atoms with Gasteiger partial charge in [0.1, 0.15) is 15.9 Å². The Hall–Kier alpha value is -2.07. The van der Waals surface area contributed by atoms with E-state index in [0.717, 1.165) is 35.7 Å². The van der Waals surface area contributed by atoms with Gasteiger partial charge in [-0.3, -0.25) is 4.90 Å². The molecule has 0 aliphatic carbocycles. The average molecular weight is 461 g/mol. The summed E-state index contributed by atoms with van der Waals surface area (Å²) < 4.78 is 44.3. The first-order valence-corrected chi connectivity index (χ1v) is 12.7. The third-order valence-electron chi connectivity index (χ3n) is 6.72. The van der Waals surface area contributed by atoms with E-state index in [1.165, 1.54) is 23.5 Å². The number of hydrogen-bond acceptors (Lipinski definition) is 5. The molecule has 1 fully saturated rings. The number of fused-ring (bicyclic) bond motifs is 2. The van der Waals surface area contributed by atoms with Crippen LogP contribution in [0.5, 0.6) is 0 Å². The summed E-state index contributed by atoms with van der Waals surface area (Å²) in [5.41, 5.74) is 2.20. The van der Waals surface area contributed by atoms with Crippen LogP contribution in [0.3, 0.4) is 0 Å². The van der Waals surface area contributed by atoms with E-state index in [1.54, 1.807) is 10.4 Å². The minimum Gasteiger partial charge on any atom is -0.325 e. The predicted molar refractivity (Wildman–Crippen MR) is 119 cm³/mol. The Morgan fingerprint density at radius 1 is 1.13 bits per heavy atom. The van der Waals surface area contributed by atoms with Gasteiger partial charge in [0.25, 0.3) is 10.0 Å². The van der Waals surface area contributed by atoms with Gasteiger partial charge in [0.05, 0.1) is 17.4 Å². The zero-order valence-electron chi connectivity index (χ0n) is 17.6. The van der Waals surface area contributed by atoms with E-state index < -0.39 is 10.0 Å². The van der Waals surface area contributed by atoms with Gasteiger partial charge in [-0.15, -0.1) is 11.3 Å². The van der Waals surface area contributed by atoms with Crippen LogP contribution in [-0.4, -0.2) is 53.9 Å². The second-order valence-corrected chi connectivity index (χ2v) is 11.4. The molecule has 5 rings (SSSR count). The van der Waals surface area contributed by atoms with Gasteiger partial charge in [-0.25, -0.2) is 17.8 Å². The molecule has 2 aliphatic rings. The number of imidazole rings is 1. The lowest BCUT2D eigenvalue weighted by Gasteiger charge is -2.49. The molecule has 0 N–H and O–H groups in total. The number of thiophene rings is 1. The molecule has 0 radical (unpaired) electrons. The van der Waals surface area contributed by atoms with Crippen molar-refractivity contribution < 1.29 is 12.8 Å². The fourth-order valence-electron chi connectivity index (χ4n) is 4.93. The number of halogens is 1. The molecular weight excluding hydrogens is 435 g/mol. The molecule has 1 aromatic carbocycles. The topological polar surface area (TPSA) is 58.4 Å². The number of piperidine rings is 1. The van der Waals surface area contributed by atoms with Gasteiger partial charge in [-0.2, -0.15) is 4.31 Å². The van der Waals surface area contributed by atoms with Crippen LogP contribution in [0.2, 0.25) is 0 Å². The molecule has 0 atom stereocenters. The van der Waals surface area contributed by atoms with Crippen molar-refractivity contribution in [2.75, 3.05) is 26.7 Å². The summed E-state index contributed by atoms with van der Waals surface area (Å²) in [4.78, 5) is 7.08. The second-order valence-electron chi connectivity index (χ2n) is 8.38. The van der Waals surface area contributed by atoms with Crippen LogP contribution in [0.1, 0.15) is 24.2 Å². The van der Waals surface area contributed by atoms with E-state index in [2.05, 4.69) is 16.5 Å². The largest absolute Gasteiger partial charge is 0.325 e. The van der Waals surface area contributed by atoms with Crippen LogP contribution in [0.25, 0.3) is 11.3 Å². The Morgan fingerprint density at radius 2 is 1.90 bits per heavy atom. The Kier molecular flexibility index (Phi) is 5.04. The van der Waals surface area contributed by atoms with Crippen molar-refractivity contribution >= 4 is 21.4 Å². The van der Waals surface area contributed by atoms with Crippen molar-refractivity contribution in [3.8, 4) is 11.3 Å². The number of rotatable bonds is 3. The Bertz CT molecular complexity index is 1230. The molecule has 0 bridgehead atoms. The van der Waals surface area contributed by atoms with E-state index in [-0.39, 0.29) is 11.4 Å². The predicted octanol–water partition coefficient (Wildman–Crippen LogP) is 3.68. The number of likely N-dealkylation sites (N-methyl/N-ethyl adjacent to an activating group) is 1. The molecule has 164 valence electrons. The Balaban J connectivity index is 1.46. The highest BCUT2D eigenvalue weighted by molar-refractivity contribution is 7.91. The van der Waals surface area contributed by atoms with Crippen molar-refractivity contribution in [1.82, 2.24) is 18.8 Å². The first-order valence-electron chi connectivity index (χ1n) is 10.4. The molecule has 0 saturated carbocycles. The summed E-state index contributed by atoms with van der Waals surface area (Å²) in [6.45, 7) is 4.35. The maximum atomic E-state index is 13.8. The van der Waals surface area contributed by atoms with Gasteiger partial charge in [-0.05, 0) is 56.0 Å². The summed E-state index contributed by atoms with van der Waals surface area (Å²) >= 11 is 1.28. The zero-order chi connectivity index (χ0) is 21.8. The van der Waals surface area contributed by atoms with E-state index in [4.69, 9.17) is 4.98 Å². The minimum atomic E-state index is -3.48. The third kappa shape index (κ3) is 3.26. The zero-order valence-corrected chi connectivity index (χ0v) is 19.2. The summed E-state index contributed by atoms with van der Waals surface area (Å²) in [5.74, 6) is 0.683. The van der Waals surface area contributed by atoms with Gasteiger partial charge < -0.3 is 4.57 Å². The number of hydrogen-bond donors (Lipinski definition) is 0. The smallest absolute Gasteiger partial charge is 0.252 e.